The molecular formula is C23H35NO2. The van der Waals surface area contributed by atoms with E-state index in [-0.39, 0.29) is 0 Å². The molecule has 3 nitrogen and oxygen atoms in total. The lowest BCUT2D eigenvalue weighted by molar-refractivity contribution is 0.187. The van der Waals surface area contributed by atoms with Crippen LogP contribution in [0.25, 0.3) is 0 Å². The second-order valence-electron chi connectivity index (χ2n) is 6.29. The highest BCUT2D eigenvalue weighted by atomic mass is 16.5. The van der Waals surface area contributed by atoms with Crippen molar-refractivity contribution in [3.63, 3.8) is 0 Å². The Hall–Kier alpha value is -1.84. The summed E-state index contributed by atoms with van der Waals surface area (Å²) < 4.78 is 11.5. The third kappa shape index (κ3) is 12.5. The van der Waals surface area contributed by atoms with Gasteiger partial charge in [-0.25, -0.2) is 0 Å². The van der Waals surface area contributed by atoms with Gasteiger partial charge in [-0.15, -0.1) is 0 Å². The fourth-order valence-electron chi connectivity index (χ4n) is 2.54. The van der Waals surface area contributed by atoms with E-state index in [0.717, 1.165) is 38.2 Å². The predicted molar refractivity (Wildman–Crippen MR) is 112 cm³/mol. The minimum atomic E-state index is 0.563. The Bertz CT molecular complexity index is 512. The van der Waals surface area contributed by atoms with Crippen molar-refractivity contribution < 1.29 is 9.47 Å². The third-order valence-corrected chi connectivity index (χ3v) is 3.96. The fraction of sp³-hybridized carbons (Fsp3) is 0.478. The molecule has 0 heterocycles. The Kier molecular flexibility index (Phi) is 14.2. The van der Waals surface area contributed by atoms with Crippen LogP contribution in [-0.4, -0.2) is 26.4 Å². The number of nitrogens with two attached hydrogens (primary N) is 1. The van der Waals surface area contributed by atoms with Gasteiger partial charge < -0.3 is 15.2 Å². The van der Waals surface area contributed by atoms with E-state index in [1.54, 1.807) is 6.08 Å². The van der Waals surface area contributed by atoms with Gasteiger partial charge in [-0.2, -0.15) is 0 Å². The second-order valence-corrected chi connectivity index (χ2v) is 6.29. The second kappa shape index (κ2) is 16.6. The van der Waals surface area contributed by atoms with Crippen LogP contribution in [0.1, 0.15) is 44.9 Å². The van der Waals surface area contributed by atoms with Crippen molar-refractivity contribution >= 4 is 0 Å². The zero-order valence-corrected chi connectivity index (χ0v) is 16.1. The van der Waals surface area contributed by atoms with Gasteiger partial charge in [0.25, 0.3) is 0 Å². The third-order valence-electron chi connectivity index (χ3n) is 3.96. The Labute approximate surface area is 159 Å². The molecule has 3 heteroatoms. The van der Waals surface area contributed by atoms with Gasteiger partial charge in [0.15, 0.2) is 0 Å². The highest BCUT2D eigenvalue weighted by molar-refractivity contribution is 5.27. The van der Waals surface area contributed by atoms with E-state index >= 15 is 0 Å². The van der Waals surface area contributed by atoms with Crippen LogP contribution in [0.4, 0.5) is 0 Å². The van der Waals surface area contributed by atoms with Gasteiger partial charge in [-0.05, 0) is 43.5 Å². The maximum atomic E-state index is 5.82. The molecule has 26 heavy (non-hydrogen) atoms. The minimum Gasteiger partial charge on any atom is -0.494 e. The summed E-state index contributed by atoms with van der Waals surface area (Å²) in [5, 5.41) is 0. The molecule has 1 aliphatic rings. The maximum absolute atomic E-state index is 5.82. The lowest BCUT2D eigenvalue weighted by atomic mass is 10.1. The van der Waals surface area contributed by atoms with Crippen LogP contribution in [0, 0.1) is 0 Å². The van der Waals surface area contributed by atoms with Gasteiger partial charge >= 0.3 is 0 Å². The standard InChI is InChI=1S/C23H35NO2/c1-2-14-23(26-20-12-8-4-3-7-11-18-24)17-13-19-25-21-22-15-9-5-6-10-16-22/h2,5,9-10,13-17H,1,3-4,6-8,11-12,18-21,24H2/b17-13-,23-14+. The molecule has 0 aromatic rings. The largest absolute Gasteiger partial charge is 0.494 e. The lowest BCUT2D eigenvalue weighted by Gasteiger charge is -2.07. The first-order valence-electron chi connectivity index (χ1n) is 9.79. The zero-order chi connectivity index (χ0) is 18.7. The molecule has 0 aromatic carbocycles. The van der Waals surface area contributed by atoms with Gasteiger partial charge in [0.05, 0.1) is 19.8 Å². The summed E-state index contributed by atoms with van der Waals surface area (Å²) in [7, 11) is 0. The average molecular weight is 358 g/mol. The number of ether oxygens (including phenoxy) is 2. The van der Waals surface area contributed by atoms with Crippen molar-refractivity contribution in [3.05, 3.63) is 72.6 Å². The SMILES string of the molecule is C=C/C=C(\C=C/COCC1=CC=CCC=C1)OCCCCCCCCN. The summed E-state index contributed by atoms with van der Waals surface area (Å²) >= 11 is 0. The molecule has 0 radical (unpaired) electrons. The highest BCUT2D eigenvalue weighted by Gasteiger charge is 1.96. The van der Waals surface area contributed by atoms with Crippen LogP contribution in [0.15, 0.2) is 72.6 Å². The Morgan fingerprint density at radius 2 is 1.92 bits per heavy atom. The van der Waals surface area contributed by atoms with Crippen LogP contribution in [-0.2, 0) is 9.47 Å². The predicted octanol–water partition coefficient (Wildman–Crippen LogP) is 5.39. The van der Waals surface area contributed by atoms with Crippen molar-refractivity contribution in [2.45, 2.75) is 44.9 Å². The van der Waals surface area contributed by atoms with Crippen LogP contribution < -0.4 is 5.73 Å². The normalized spacial score (nSPS) is 14.5. The molecule has 0 amide bonds. The average Bonchev–Trinajstić information content (AvgIpc) is 2.92. The van der Waals surface area contributed by atoms with Gasteiger partial charge in [0, 0.05) is 0 Å². The number of hydrogen-bond acceptors (Lipinski definition) is 3. The smallest absolute Gasteiger partial charge is 0.119 e. The van der Waals surface area contributed by atoms with E-state index in [9.17, 15) is 0 Å². The first-order valence-corrected chi connectivity index (χ1v) is 9.79. The molecule has 0 fully saturated rings. The van der Waals surface area contributed by atoms with Crippen molar-refractivity contribution in [1.29, 1.82) is 0 Å². The molecular weight excluding hydrogens is 322 g/mol. The van der Waals surface area contributed by atoms with Gasteiger partial charge in [0.1, 0.15) is 5.76 Å². The lowest BCUT2D eigenvalue weighted by Crippen LogP contribution is -1.98. The minimum absolute atomic E-state index is 0.563. The highest BCUT2D eigenvalue weighted by Crippen LogP contribution is 2.08. The van der Waals surface area contributed by atoms with Gasteiger partial charge in [-0.3, -0.25) is 0 Å². The molecule has 0 atom stereocenters. The van der Waals surface area contributed by atoms with E-state index in [1.807, 2.05) is 18.2 Å². The summed E-state index contributed by atoms with van der Waals surface area (Å²) in [4.78, 5) is 0. The molecule has 0 saturated carbocycles. The molecule has 0 aromatic heterocycles. The molecule has 1 aliphatic carbocycles. The topological polar surface area (TPSA) is 44.5 Å². The van der Waals surface area contributed by atoms with E-state index < -0.39 is 0 Å². The summed E-state index contributed by atoms with van der Waals surface area (Å²) in [6.45, 7) is 6.48. The van der Waals surface area contributed by atoms with Crippen molar-refractivity contribution in [3.8, 4) is 0 Å². The Morgan fingerprint density at radius 3 is 2.73 bits per heavy atom. The molecule has 0 unspecified atom stereocenters. The van der Waals surface area contributed by atoms with Crippen LogP contribution in [0.2, 0.25) is 0 Å². The molecule has 144 valence electrons. The Balaban J connectivity index is 2.14. The molecule has 1 rings (SSSR count). The first kappa shape index (κ1) is 22.2. The van der Waals surface area contributed by atoms with Crippen molar-refractivity contribution in [2.24, 2.45) is 5.73 Å². The monoisotopic (exact) mass is 357 g/mol. The van der Waals surface area contributed by atoms with Crippen LogP contribution in [0.5, 0.6) is 0 Å². The van der Waals surface area contributed by atoms with Crippen molar-refractivity contribution in [2.75, 3.05) is 26.4 Å². The van der Waals surface area contributed by atoms with E-state index in [4.69, 9.17) is 15.2 Å². The quantitative estimate of drug-likeness (QED) is 0.243. The molecule has 0 spiro atoms. The summed E-state index contributed by atoms with van der Waals surface area (Å²) in [6, 6.07) is 0. The van der Waals surface area contributed by atoms with E-state index in [2.05, 4.69) is 37.0 Å². The van der Waals surface area contributed by atoms with Gasteiger partial charge in [0.2, 0.25) is 0 Å². The molecule has 0 saturated heterocycles. The van der Waals surface area contributed by atoms with Gasteiger partial charge in [-0.1, -0.05) is 74.8 Å². The van der Waals surface area contributed by atoms with Crippen LogP contribution >= 0.6 is 0 Å². The number of unbranched alkanes of at least 4 members (excludes halogenated alkanes) is 5. The summed E-state index contributed by atoms with van der Waals surface area (Å²) in [5.41, 5.74) is 6.69. The van der Waals surface area contributed by atoms with Crippen molar-refractivity contribution in [1.82, 2.24) is 0 Å². The summed E-state index contributed by atoms with van der Waals surface area (Å²) in [5.74, 6) is 0.836. The van der Waals surface area contributed by atoms with Crippen LogP contribution in [0.3, 0.4) is 0 Å². The number of rotatable bonds is 15. The molecule has 0 aliphatic heterocycles. The number of hydrogen-bond donors (Lipinski definition) is 1. The first-order chi connectivity index (χ1) is 12.9. The Morgan fingerprint density at radius 1 is 1.12 bits per heavy atom. The number of allylic oxidation sites excluding steroid dienone is 7. The van der Waals surface area contributed by atoms with E-state index in [0.29, 0.717) is 13.2 Å². The van der Waals surface area contributed by atoms with E-state index in [1.165, 1.54) is 31.3 Å². The zero-order valence-electron chi connectivity index (χ0n) is 16.1. The molecule has 0 bridgehead atoms. The summed E-state index contributed by atoms with van der Waals surface area (Å²) in [6.07, 6.45) is 26.3. The fourth-order valence-corrected chi connectivity index (χ4v) is 2.54. The molecule has 2 N–H and O–H groups in total. The maximum Gasteiger partial charge on any atom is 0.119 e.